The third-order valence-corrected chi connectivity index (χ3v) is 4.35. The molecule has 0 fully saturated rings. The highest BCUT2D eigenvalue weighted by molar-refractivity contribution is 5.80. The molecule has 1 aromatic rings. The van der Waals surface area contributed by atoms with E-state index in [4.69, 9.17) is 4.74 Å². The molecule has 1 aliphatic carbocycles. The fourth-order valence-electron chi connectivity index (χ4n) is 2.73. The van der Waals surface area contributed by atoms with Crippen LogP contribution in [0, 0.1) is 0 Å². The smallest absolute Gasteiger partial charge is 0.239 e. The Morgan fingerprint density at radius 2 is 2.21 bits per heavy atom. The summed E-state index contributed by atoms with van der Waals surface area (Å²) in [5, 5.41) is 6.14. The summed E-state index contributed by atoms with van der Waals surface area (Å²) >= 11 is 0. The van der Waals surface area contributed by atoms with Crippen molar-refractivity contribution in [2.75, 3.05) is 18.4 Å². The zero-order valence-corrected chi connectivity index (χ0v) is 14.9. The van der Waals surface area contributed by atoms with Crippen LogP contribution in [0.5, 0.6) is 5.75 Å². The number of ether oxygens (including phenoxy) is 1. The number of carbonyl (C=O) groups excluding carboxylic acids is 1. The number of hydrogen-bond donors (Lipinski definition) is 2. The van der Waals surface area contributed by atoms with E-state index in [2.05, 4.69) is 30.6 Å². The maximum absolute atomic E-state index is 11.9. The maximum Gasteiger partial charge on any atom is 0.239 e. The molecule has 1 unspecified atom stereocenters. The predicted molar refractivity (Wildman–Crippen MR) is 99.5 cm³/mol. The average molecular weight is 330 g/mol. The third-order valence-electron chi connectivity index (χ3n) is 4.35. The second kappa shape index (κ2) is 10.0. The number of rotatable bonds is 9. The van der Waals surface area contributed by atoms with E-state index in [1.165, 1.54) is 31.3 Å². The molecule has 0 aromatic heterocycles. The summed E-state index contributed by atoms with van der Waals surface area (Å²) in [5.74, 6) is 0.860. The molecule has 132 valence electrons. The average Bonchev–Trinajstić information content (AvgIpc) is 2.61. The van der Waals surface area contributed by atoms with Gasteiger partial charge >= 0.3 is 0 Å². The number of anilines is 1. The minimum absolute atomic E-state index is 0.0275. The number of carbonyl (C=O) groups is 1. The van der Waals surface area contributed by atoms with Crippen molar-refractivity contribution < 1.29 is 9.53 Å². The van der Waals surface area contributed by atoms with Crippen molar-refractivity contribution in [2.24, 2.45) is 0 Å². The van der Waals surface area contributed by atoms with Crippen LogP contribution >= 0.6 is 0 Å². The molecule has 2 N–H and O–H groups in total. The molecule has 2 rings (SSSR count). The second-order valence-electron chi connectivity index (χ2n) is 6.43. The highest BCUT2D eigenvalue weighted by Gasteiger charge is 2.06. The lowest BCUT2D eigenvalue weighted by Crippen LogP contribution is -2.30. The first-order chi connectivity index (χ1) is 11.7. The number of benzene rings is 1. The molecule has 1 atom stereocenters. The molecular formula is C20H30N2O2. The summed E-state index contributed by atoms with van der Waals surface area (Å²) in [6, 6.07) is 7.76. The van der Waals surface area contributed by atoms with Gasteiger partial charge in [-0.1, -0.05) is 24.6 Å². The Kier molecular flexibility index (Phi) is 7.66. The van der Waals surface area contributed by atoms with Gasteiger partial charge in [0.25, 0.3) is 0 Å². The van der Waals surface area contributed by atoms with E-state index in [1.54, 1.807) is 0 Å². The van der Waals surface area contributed by atoms with Gasteiger partial charge in [0, 0.05) is 18.3 Å². The van der Waals surface area contributed by atoms with E-state index in [0.717, 1.165) is 30.8 Å². The number of amides is 1. The van der Waals surface area contributed by atoms with Crippen molar-refractivity contribution in [1.29, 1.82) is 0 Å². The molecule has 24 heavy (non-hydrogen) atoms. The van der Waals surface area contributed by atoms with E-state index >= 15 is 0 Å². The molecule has 0 saturated carbocycles. The summed E-state index contributed by atoms with van der Waals surface area (Å²) in [5.41, 5.74) is 2.39. The van der Waals surface area contributed by atoms with Crippen molar-refractivity contribution in [3.63, 3.8) is 0 Å². The molecule has 1 aliphatic rings. The van der Waals surface area contributed by atoms with Crippen LogP contribution in [0.2, 0.25) is 0 Å². The first kappa shape index (κ1) is 18.4. The second-order valence-corrected chi connectivity index (χ2v) is 6.43. The minimum atomic E-state index is 0.0275. The van der Waals surface area contributed by atoms with Crippen LogP contribution in [0.15, 0.2) is 35.9 Å². The van der Waals surface area contributed by atoms with Crippen LogP contribution < -0.4 is 15.4 Å². The van der Waals surface area contributed by atoms with Crippen LogP contribution in [-0.4, -0.2) is 25.1 Å². The zero-order valence-electron chi connectivity index (χ0n) is 14.9. The molecule has 0 aliphatic heterocycles. The van der Waals surface area contributed by atoms with Gasteiger partial charge in [-0.05, 0) is 57.6 Å². The molecule has 0 bridgehead atoms. The van der Waals surface area contributed by atoms with E-state index in [-0.39, 0.29) is 18.6 Å². The molecule has 0 radical (unpaired) electrons. The summed E-state index contributed by atoms with van der Waals surface area (Å²) in [6.07, 6.45) is 9.45. The first-order valence-corrected chi connectivity index (χ1v) is 9.12. The Hall–Kier alpha value is -1.97. The fourth-order valence-corrected chi connectivity index (χ4v) is 2.73. The van der Waals surface area contributed by atoms with Gasteiger partial charge in [-0.25, -0.2) is 0 Å². The van der Waals surface area contributed by atoms with Gasteiger partial charge in [-0.3, -0.25) is 4.79 Å². The van der Waals surface area contributed by atoms with Crippen LogP contribution in [0.25, 0.3) is 0 Å². The van der Waals surface area contributed by atoms with E-state index in [1.807, 2.05) is 24.3 Å². The van der Waals surface area contributed by atoms with Crippen LogP contribution in [-0.2, 0) is 4.79 Å². The predicted octanol–water partition coefficient (Wildman–Crippen LogP) is 4.28. The Morgan fingerprint density at radius 1 is 1.33 bits per heavy atom. The Morgan fingerprint density at radius 3 is 2.96 bits per heavy atom. The van der Waals surface area contributed by atoms with Crippen molar-refractivity contribution in [2.45, 2.75) is 58.5 Å². The Balaban J connectivity index is 1.69. The van der Waals surface area contributed by atoms with E-state index < -0.39 is 0 Å². The number of hydrogen-bond acceptors (Lipinski definition) is 3. The molecule has 0 saturated heterocycles. The highest BCUT2D eigenvalue weighted by atomic mass is 16.5. The van der Waals surface area contributed by atoms with Crippen LogP contribution in [0.3, 0.4) is 0 Å². The van der Waals surface area contributed by atoms with Crippen LogP contribution in [0.4, 0.5) is 5.69 Å². The molecule has 4 heteroatoms. The van der Waals surface area contributed by atoms with Crippen molar-refractivity contribution >= 4 is 11.6 Å². The fraction of sp³-hybridized carbons (Fsp3) is 0.550. The van der Waals surface area contributed by atoms with E-state index in [9.17, 15) is 4.79 Å². The van der Waals surface area contributed by atoms with Crippen molar-refractivity contribution in [3.05, 3.63) is 35.9 Å². The lowest BCUT2D eigenvalue weighted by molar-refractivity contribution is -0.119. The first-order valence-electron chi connectivity index (χ1n) is 9.12. The third kappa shape index (κ3) is 6.65. The van der Waals surface area contributed by atoms with E-state index in [0.29, 0.717) is 0 Å². The quantitative estimate of drug-likeness (QED) is 0.664. The lowest BCUT2D eigenvalue weighted by Gasteiger charge is -2.14. The maximum atomic E-state index is 11.9. The standard InChI is InChI=1S/C20H30N2O2/c1-3-16(2)24-19-11-7-10-18(14-19)22-15-20(23)21-13-12-17-8-5-4-6-9-17/h7-8,10-11,14,16,22H,3-6,9,12-13,15H2,1-2H3,(H,21,23). The number of allylic oxidation sites excluding steroid dienone is 1. The van der Waals surface area contributed by atoms with Crippen molar-refractivity contribution in [1.82, 2.24) is 5.32 Å². The Bertz CT molecular complexity index is 554. The van der Waals surface area contributed by atoms with Gasteiger partial charge in [0.2, 0.25) is 5.91 Å². The van der Waals surface area contributed by atoms with Gasteiger partial charge in [0.1, 0.15) is 5.75 Å². The summed E-state index contributed by atoms with van der Waals surface area (Å²) in [6.45, 7) is 5.16. The molecule has 4 nitrogen and oxygen atoms in total. The molecule has 1 amide bonds. The normalized spacial score (nSPS) is 15.3. The van der Waals surface area contributed by atoms with Crippen LogP contribution in [0.1, 0.15) is 52.4 Å². The van der Waals surface area contributed by atoms with Gasteiger partial charge in [-0.15, -0.1) is 0 Å². The monoisotopic (exact) mass is 330 g/mol. The number of nitrogens with one attached hydrogen (secondary N) is 2. The minimum Gasteiger partial charge on any atom is -0.491 e. The topological polar surface area (TPSA) is 50.4 Å². The summed E-state index contributed by atoms with van der Waals surface area (Å²) in [7, 11) is 0. The highest BCUT2D eigenvalue weighted by Crippen LogP contribution is 2.20. The molecular weight excluding hydrogens is 300 g/mol. The summed E-state index contributed by atoms with van der Waals surface area (Å²) < 4.78 is 5.80. The van der Waals surface area contributed by atoms with Gasteiger partial charge in [0.15, 0.2) is 0 Å². The SMILES string of the molecule is CCC(C)Oc1cccc(NCC(=O)NCCC2=CCCCC2)c1. The largest absolute Gasteiger partial charge is 0.491 e. The lowest BCUT2D eigenvalue weighted by atomic mass is 9.97. The van der Waals surface area contributed by atoms with Crippen molar-refractivity contribution in [3.8, 4) is 5.75 Å². The molecule has 1 aromatic carbocycles. The van der Waals surface area contributed by atoms with Gasteiger partial charge in [-0.2, -0.15) is 0 Å². The molecule has 0 spiro atoms. The summed E-state index contributed by atoms with van der Waals surface area (Å²) in [4.78, 5) is 11.9. The van der Waals surface area contributed by atoms with Gasteiger partial charge in [0.05, 0.1) is 12.6 Å². The molecule has 0 heterocycles. The Labute approximate surface area is 145 Å². The van der Waals surface area contributed by atoms with Gasteiger partial charge < -0.3 is 15.4 Å². The zero-order chi connectivity index (χ0) is 17.2.